The van der Waals surface area contributed by atoms with Gasteiger partial charge in [-0.1, -0.05) is 33.5 Å². The van der Waals surface area contributed by atoms with Crippen molar-refractivity contribution >= 4 is 24.8 Å². The Bertz CT molecular complexity index is 917. The fourth-order valence-electron chi connectivity index (χ4n) is 3.23. The van der Waals surface area contributed by atoms with Gasteiger partial charge in [-0.3, -0.25) is 0 Å². The summed E-state index contributed by atoms with van der Waals surface area (Å²) in [4.78, 5) is 3.66. The van der Waals surface area contributed by atoms with Crippen LogP contribution in [0.15, 0.2) is 91.1 Å². The number of pyridine rings is 1. The molecule has 3 heterocycles. The summed E-state index contributed by atoms with van der Waals surface area (Å²) in [6.45, 7) is 6.23. The van der Waals surface area contributed by atoms with Gasteiger partial charge in [-0.25, -0.2) is 0 Å². The molecule has 3 aromatic carbocycles. The molecule has 39 heavy (non-hydrogen) atoms. The van der Waals surface area contributed by atoms with Gasteiger partial charge in [0.2, 0.25) is 0 Å². The van der Waals surface area contributed by atoms with Crippen LogP contribution in [0.3, 0.4) is 0 Å². The van der Waals surface area contributed by atoms with Crippen LogP contribution in [-0.2, 0) is 129 Å². The van der Waals surface area contributed by atoms with E-state index in [0.29, 0.717) is 0 Å². The minimum Gasteiger partial charge on any atom is -0.440 e. The molecule has 204 valence electrons. The van der Waals surface area contributed by atoms with E-state index in [4.69, 9.17) is 9.31 Å². The fraction of sp³-hybridized carbons (Fsp3) is 0.167. The second-order valence-electron chi connectivity index (χ2n) is 7.19. The van der Waals surface area contributed by atoms with Crippen LogP contribution in [0, 0.1) is 39.2 Å². The summed E-state index contributed by atoms with van der Waals surface area (Å²) in [5.41, 5.74) is 5.21. The van der Waals surface area contributed by atoms with Gasteiger partial charge in [0, 0.05) is 119 Å². The molecule has 9 heteroatoms. The molecule has 1 aromatic heterocycles. The third-order valence-corrected chi connectivity index (χ3v) is 4.95. The van der Waals surface area contributed by atoms with Crippen LogP contribution in [0.1, 0.15) is 18.6 Å². The SMILES string of the molecule is C.CB1OCc2c[c-]ccc21.CB1OCc2c[c-]ccc21.[CH3-].[CH3-].[Re].[Re].[Y].[Y].[c-]1ccccc1.[c-]1ccccn1. The Kier molecular flexibility index (Phi) is 37.6. The Hall–Kier alpha value is 0.392. The largest absolute Gasteiger partial charge is 0.440 e. The number of fused-ring (bicyclic) bond motifs is 2. The average Bonchev–Trinajstić information content (AvgIpc) is 3.45. The van der Waals surface area contributed by atoms with Gasteiger partial charge in [0.15, 0.2) is 0 Å². The first-order valence-corrected chi connectivity index (χ1v) is 10.6. The zero-order valence-electron chi connectivity index (χ0n) is 22.4. The number of hydrogen-bond acceptors (Lipinski definition) is 3. The molecule has 0 N–H and O–H groups in total. The molecule has 0 fully saturated rings. The minimum atomic E-state index is 0. The zero-order chi connectivity index (χ0) is 22.4. The van der Waals surface area contributed by atoms with Gasteiger partial charge in [0.1, 0.15) is 0 Å². The van der Waals surface area contributed by atoms with Gasteiger partial charge in [-0.2, -0.15) is 114 Å². The first-order valence-electron chi connectivity index (χ1n) is 10.6. The van der Waals surface area contributed by atoms with Gasteiger partial charge in [-0.15, -0.1) is 11.1 Å². The summed E-state index contributed by atoms with van der Waals surface area (Å²) in [5.74, 6) is 0. The molecule has 0 aliphatic carbocycles. The van der Waals surface area contributed by atoms with E-state index in [1.807, 2.05) is 66.7 Å². The topological polar surface area (TPSA) is 31.4 Å². The second kappa shape index (κ2) is 29.9. The Morgan fingerprint density at radius 2 is 1.13 bits per heavy atom. The average molecular weight is 1010 g/mol. The van der Waals surface area contributed by atoms with Crippen molar-refractivity contribution in [2.75, 3.05) is 0 Å². The van der Waals surface area contributed by atoms with E-state index in [9.17, 15) is 0 Å². The quantitative estimate of drug-likeness (QED) is 0.171. The van der Waals surface area contributed by atoms with E-state index >= 15 is 0 Å². The van der Waals surface area contributed by atoms with Gasteiger partial charge < -0.3 is 29.1 Å². The predicted octanol–water partition coefficient (Wildman–Crippen LogP) is 5.59. The third-order valence-electron chi connectivity index (χ3n) is 4.95. The molecule has 0 spiro atoms. The summed E-state index contributed by atoms with van der Waals surface area (Å²) in [7, 11) is 0. The molecule has 0 saturated carbocycles. The summed E-state index contributed by atoms with van der Waals surface area (Å²) in [5, 5.41) is 0. The summed E-state index contributed by atoms with van der Waals surface area (Å²) >= 11 is 0. The Labute approximate surface area is 317 Å². The maximum atomic E-state index is 5.40. The molecule has 2 aliphatic heterocycles. The van der Waals surface area contributed by atoms with Gasteiger partial charge in [-0.05, 0) is 0 Å². The molecule has 2 aliphatic rings. The predicted molar refractivity (Wildman–Crippen MR) is 151 cm³/mol. The molecule has 4 radical (unpaired) electrons. The van der Waals surface area contributed by atoms with Crippen molar-refractivity contribution in [3.8, 4) is 0 Å². The third kappa shape index (κ3) is 18.5. The minimum absolute atomic E-state index is 0. The standard InChI is InChI=1S/2C8H8BO.C6H5.C5H4N.CH4.2CH3.2Re.2Y/c2*1-9-8-5-3-2-4-7(8)6-10-9;2*1-2-4-6-5-3-1;;;;;;;/h2*3-5H,6H2,1H3;1-5H;1-4H;1H4;2*1H3;;;;/q4*-1;;2*-1;;;;. The van der Waals surface area contributed by atoms with Crippen molar-refractivity contribution in [1.82, 2.24) is 4.98 Å². The summed E-state index contributed by atoms with van der Waals surface area (Å²) < 4.78 is 10.8. The first-order chi connectivity index (χ1) is 15.8. The second-order valence-corrected chi connectivity index (χ2v) is 7.19. The van der Waals surface area contributed by atoms with E-state index in [2.05, 4.69) is 55.2 Å². The van der Waals surface area contributed by atoms with Gasteiger partial charge >= 0.3 is 0 Å². The number of nitrogens with zero attached hydrogens (tertiary/aromatic N) is 1. The zero-order valence-corrected chi connectivity index (χ0v) is 33.5. The fourth-order valence-corrected chi connectivity index (χ4v) is 3.23. The van der Waals surface area contributed by atoms with Crippen LogP contribution in [-0.4, -0.2) is 18.8 Å². The molecule has 0 amide bonds. The van der Waals surface area contributed by atoms with Crippen LogP contribution < -0.4 is 10.9 Å². The molecule has 0 bridgehead atoms. The first kappa shape index (κ1) is 49.1. The molecule has 0 atom stereocenters. The van der Waals surface area contributed by atoms with Gasteiger partial charge in [0.25, 0.3) is 13.8 Å². The Morgan fingerprint density at radius 3 is 1.38 bits per heavy atom. The van der Waals surface area contributed by atoms with Crippen LogP contribution >= 0.6 is 0 Å². The molecular weight excluding hydrogens is 978 g/mol. The van der Waals surface area contributed by atoms with Gasteiger partial charge in [0.05, 0.1) is 0 Å². The summed E-state index contributed by atoms with van der Waals surface area (Å²) in [6, 6.07) is 36.1. The molecule has 4 aromatic rings. The van der Waals surface area contributed by atoms with Crippen molar-refractivity contribution < 1.29 is 116 Å². The molecule has 6 rings (SSSR count). The van der Waals surface area contributed by atoms with Crippen molar-refractivity contribution in [1.29, 1.82) is 0 Å². The maximum Gasteiger partial charge on any atom is 0.298 e. The van der Waals surface area contributed by atoms with Crippen molar-refractivity contribution in [2.45, 2.75) is 34.3 Å². The van der Waals surface area contributed by atoms with Crippen LogP contribution in [0.2, 0.25) is 13.6 Å². The van der Waals surface area contributed by atoms with Crippen LogP contribution in [0.5, 0.6) is 0 Å². The van der Waals surface area contributed by atoms with Crippen molar-refractivity contribution in [3.05, 3.63) is 142 Å². The number of benzene rings is 3. The smallest absolute Gasteiger partial charge is 0.298 e. The summed E-state index contributed by atoms with van der Waals surface area (Å²) in [6.07, 6.45) is 4.34. The van der Waals surface area contributed by atoms with Crippen molar-refractivity contribution in [2.24, 2.45) is 0 Å². The normalized spacial score (nSPS) is 10.4. The number of aromatic nitrogens is 1. The van der Waals surface area contributed by atoms with Crippen molar-refractivity contribution in [3.63, 3.8) is 0 Å². The molecule has 0 unspecified atom stereocenters. The Balaban J connectivity index is -0.000000127. The monoisotopic (exact) mass is 1020 g/mol. The number of hydrogen-bond donors (Lipinski definition) is 0. The molecular formula is C30H35B2NO2Re2Y2-6. The van der Waals surface area contributed by atoms with E-state index < -0.39 is 0 Å². The molecule has 0 saturated heterocycles. The van der Waals surface area contributed by atoms with E-state index in [1.165, 1.54) is 22.1 Å². The van der Waals surface area contributed by atoms with Crippen LogP contribution in [0.4, 0.5) is 0 Å². The molecule has 3 nitrogen and oxygen atoms in total. The van der Waals surface area contributed by atoms with E-state index in [-0.39, 0.29) is 142 Å². The maximum absolute atomic E-state index is 5.40. The van der Waals surface area contributed by atoms with E-state index in [0.717, 1.165) is 13.2 Å². The van der Waals surface area contributed by atoms with E-state index in [1.54, 1.807) is 12.3 Å². The Morgan fingerprint density at radius 1 is 0.667 bits per heavy atom. The van der Waals surface area contributed by atoms with Crippen LogP contribution in [0.25, 0.3) is 0 Å². The number of rotatable bonds is 0.